The highest BCUT2D eigenvalue weighted by Gasteiger charge is 2.49. The van der Waals surface area contributed by atoms with Crippen LogP contribution in [-0.4, -0.2) is 63.6 Å². The maximum absolute atomic E-state index is 11.4. The van der Waals surface area contributed by atoms with Crippen LogP contribution in [0.1, 0.15) is 33.6 Å². The fourth-order valence-electron chi connectivity index (χ4n) is 3.00. The van der Waals surface area contributed by atoms with Crippen molar-refractivity contribution in [3.63, 3.8) is 0 Å². The van der Waals surface area contributed by atoms with Gasteiger partial charge in [-0.25, -0.2) is 0 Å². The fraction of sp³-hybridized carbons (Fsp3) is 0.929. The summed E-state index contributed by atoms with van der Waals surface area (Å²) in [5.74, 6) is -0.518. The first-order chi connectivity index (χ1) is 9.31. The second-order valence-corrected chi connectivity index (χ2v) is 6.19. The van der Waals surface area contributed by atoms with E-state index in [0.29, 0.717) is 12.5 Å². The van der Waals surface area contributed by atoms with Crippen molar-refractivity contribution in [2.24, 2.45) is 17.6 Å². The summed E-state index contributed by atoms with van der Waals surface area (Å²) in [6.45, 7) is 6.28. The van der Waals surface area contributed by atoms with Crippen molar-refractivity contribution in [3.05, 3.63) is 0 Å². The van der Waals surface area contributed by atoms with Gasteiger partial charge in [-0.05, 0) is 25.3 Å². The molecule has 5 atom stereocenters. The average Bonchev–Trinajstić information content (AvgIpc) is 2.60. The molecule has 1 heterocycles. The van der Waals surface area contributed by atoms with E-state index in [2.05, 4.69) is 13.8 Å². The van der Waals surface area contributed by atoms with Crippen molar-refractivity contribution in [2.45, 2.75) is 57.9 Å². The van der Waals surface area contributed by atoms with Gasteiger partial charge in [0.1, 0.15) is 0 Å². The number of carbonyl (C=O) groups is 1. The van der Waals surface area contributed by atoms with Gasteiger partial charge in [0.25, 0.3) is 0 Å². The molecule has 1 aliphatic heterocycles. The molecular weight excluding hydrogens is 260 g/mol. The summed E-state index contributed by atoms with van der Waals surface area (Å²) < 4.78 is 0. The molecule has 118 valence electrons. The SMILES string of the molecule is CC(C)CCCN1C(CO)C(O)C(O)C1C(C)C(N)=O. The Morgan fingerprint density at radius 1 is 1.25 bits per heavy atom. The van der Waals surface area contributed by atoms with Crippen molar-refractivity contribution in [3.8, 4) is 0 Å². The molecular formula is C14H28N2O4. The van der Waals surface area contributed by atoms with Gasteiger partial charge < -0.3 is 21.1 Å². The number of aliphatic hydroxyl groups excluding tert-OH is 3. The number of likely N-dealkylation sites (tertiary alicyclic amines) is 1. The molecule has 1 rings (SSSR count). The lowest BCUT2D eigenvalue weighted by Crippen LogP contribution is -2.48. The van der Waals surface area contributed by atoms with E-state index in [4.69, 9.17) is 5.73 Å². The topological polar surface area (TPSA) is 107 Å². The second-order valence-electron chi connectivity index (χ2n) is 6.19. The molecule has 0 radical (unpaired) electrons. The summed E-state index contributed by atoms with van der Waals surface area (Å²) in [5, 5.41) is 29.6. The Kier molecular flexibility index (Phi) is 6.39. The molecule has 0 aromatic heterocycles. The molecule has 1 fully saturated rings. The van der Waals surface area contributed by atoms with Gasteiger partial charge >= 0.3 is 0 Å². The number of carbonyl (C=O) groups excluding carboxylic acids is 1. The molecule has 0 saturated carbocycles. The van der Waals surface area contributed by atoms with Crippen LogP contribution in [0.2, 0.25) is 0 Å². The van der Waals surface area contributed by atoms with Crippen molar-refractivity contribution >= 4 is 5.91 Å². The van der Waals surface area contributed by atoms with Crippen LogP contribution in [0.25, 0.3) is 0 Å². The molecule has 5 unspecified atom stereocenters. The van der Waals surface area contributed by atoms with E-state index >= 15 is 0 Å². The van der Waals surface area contributed by atoms with Gasteiger partial charge in [0, 0.05) is 6.04 Å². The molecule has 6 nitrogen and oxygen atoms in total. The fourth-order valence-corrected chi connectivity index (χ4v) is 3.00. The number of hydrogen-bond acceptors (Lipinski definition) is 5. The first-order valence-electron chi connectivity index (χ1n) is 7.33. The minimum atomic E-state index is -1.06. The van der Waals surface area contributed by atoms with Gasteiger partial charge in [-0.15, -0.1) is 0 Å². The predicted octanol–water partition coefficient (Wildman–Crippen LogP) is -0.689. The Hall–Kier alpha value is -0.690. The minimum Gasteiger partial charge on any atom is -0.395 e. The molecule has 0 aromatic rings. The van der Waals surface area contributed by atoms with Gasteiger partial charge in [-0.2, -0.15) is 0 Å². The average molecular weight is 288 g/mol. The third-order valence-corrected chi connectivity index (χ3v) is 4.25. The van der Waals surface area contributed by atoms with E-state index in [1.807, 2.05) is 4.90 Å². The number of nitrogens with zero attached hydrogens (tertiary/aromatic N) is 1. The molecule has 0 bridgehead atoms. The Morgan fingerprint density at radius 2 is 1.85 bits per heavy atom. The summed E-state index contributed by atoms with van der Waals surface area (Å²) in [7, 11) is 0. The number of rotatable bonds is 7. The largest absolute Gasteiger partial charge is 0.395 e. The standard InChI is InChI=1S/C14H28N2O4/c1-8(2)5-4-6-16-10(7-17)12(18)13(19)11(16)9(3)14(15)20/h8-13,17-19H,4-7H2,1-3H3,(H2,15,20). The first kappa shape index (κ1) is 17.4. The highest BCUT2D eigenvalue weighted by molar-refractivity contribution is 5.77. The number of hydrogen-bond donors (Lipinski definition) is 4. The highest BCUT2D eigenvalue weighted by atomic mass is 16.3. The van der Waals surface area contributed by atoms with Crippen LogP contribution in [0.3, 0.4) is 0 Å². The Labute approximate surface area is 120 Å². The van der Waals surface area contributed by atoms with Gasteiger partial charge in [0.15, 0.2) is 0 Å². The maximum Gasteiger partial charge on any atom is 0.221 e. The van der Waals surface area contributed by atoms with E-state index in [-0.39, 0.29) is 6.61 Å². The Morgan fingerprint density at radius 3 is 2.30 bits per heavy atom. The lowest BCUT2D eigenvalue weighted by atomic mass is 9.95. The monoisotopic (exact) mass is 288 g/mol. The van der Waals surface area contributed by atoms with E-state index in [9.17, 15) is 20.1 Å². The molecule has 20 heavy (non-hydrogen) atoms. The second kappa shape index (κ2) is 7.36. The lowest BCUT2D eigenvalue weighted by molar-refractivity contribution is -0.124. The molecule has 5 N–H and O–H groups in total. The summed E-state index contributed by atoms with van der Waals surface area (Å²) >= 11 is 0. The zero-order chi connectivity index (χ0) is 15.4. The summed E-state index contributed by atoms with van der Waals surface area (Å²) in [5.41, 5.74) is 5.33. The van der Waals surface area contributed by atoms with E-state index in [0.717, 1.165) is 12.8 Å². The molecule has 1 aliphatic rings. The molecule has 1 saturated heterocycles. The third kappa shape index (κ3) is 3.69. The third-order valence-electron chi connectivity index (χ3n) is 4.25. The minimum absolute atomic E-state index is 0.248. The smallest absolute Gasteiger partial charge is 0.221 e. The van der Waals surface area contributed by atoms with Gasteiger partial charge in [-0.1, -0.05) is 20.8 Å². The summed E-state index contributed by atoms with van der Waals surface area (Å²) in [4.78, 5) is 13.2. The quantitative estimate of drug-likeness (QED) is 0.496. The Bertz CT molecular complexity index is 324. The summed E-state index contributed by atoms with van der Waals surface area (Å²) in [6, 6.07) is -1.07. The number of nitrogens with two attached hydrogens (primary N) is 1. The number of primary amides is 1. The van der Waals surface area contributed by atoms with Gasteiger partial charge in [0.2, 0.25) is 5.91 Å². The Balaban J connectivity index is 2.83. The number of amides is 1. The lowest BCUT2D eigenvalue weighted by Gasteiger charge is -2.32. The molecule has 0 spiro atoms. The highest BCUT2D eigenvalue weighted by Crippen LogP contribution is 2.30. The molecule has 0 aliphatic carbocycles. The molecule has 0 aromatic carbocycles. The van der Waals surface area contributed by atoms with Crippen molar-refractivity contribution in [1.29, 1.82) is 0 Å². The van der Waals surface area contributed by atoms with Gasteiger partial charge in [-0.3, -0.25) is 9.69 Å². The molecule has 6 heteroatoms. The van der Waals surface area contributed by atoms with E-state index in [1.165, 1.54) is 0 Å². The van der Waals surface area contributed by atoms with Crippen molar-refractivity contribution in [2.75, 3.05) is 13.2 Å². The molecule has 1 amide bonds. The van der Waals surface area contributed by atoms with Crippen molar-refractivity contribution < 1.29 is 20.1 Å². The zero-order valence-corrected chi connectivity index (χ0v) is 12.6. The van der Waals surface area contributed by atoms with Crippen LogP contribution in [0.4, 0.5) is 0 Å². The first-order valence-corrected chi connectivity index (χ1v) is 7.33. The van der Waals surface area contributed by atoms with Gasteiger partial charge in [0.05, 0.1) is 30.8 Å². The van der Waals surface area contributed by atoms with Crippen molar-refractivity contribution in [1.82, 2.24) is 4.90 Å². The maximum atomic E-state index is 11.4. The van der Waals surface area contributed by atoms with Crippen LogP contribution < -0.4 is 5.73 Å². The van der Waals surface area contributed by atoms with Crippen LogP contribution >= 0.6 is 0 Å². The van der Waals surface area contributed by atoms with Crippen LogP contribution in [-0.2, 0) is 4.79 Å². The zero-order valence-electron chi connectivity index (χ0n) is 12.6. The number of aliphatic hydroxyl groups is 3. The van der Waals surface area contributed by atoms with E-state index < -0.39 is 36.1 Å². The van der Waals surface area contributed by atoms with Crippen LogP contribution in [0.15, 0.2) is 0 Å². The van der Waals surface area contributed by atoms with E-state index in [1.54, 1.807) is 6.92 Å². The normalized spacial score (nSPS) is 32.8. The summed E-state index contributed by atoms with van der Waals surface area (Å²) in [6.07, 6.45) is -0.215. The predicted molar refractivity (Wildman–Crippen MR) is 75.8 cm³/mol. The van der Waals surface area contributed by atoms with Crippen LogP contribution in [0.5, 0.6) is 0 Å². The van der Waals surface area contributed by atoms with Crippen LogP contribution in [0, 0.1) is 11.8 Å².